The van der Waals surface area contributed by atoms with Crippen molar-refractivity contribution in [2.75, 3.05) is 5.73 Å². The van der Waals surface area contributed by atoms with E-state index in [4.69, 9.17) is 5.73 Å². The molecule has 0 bridgehead atoms. The summed E-state index contributed by atoms with van der Waals surface area (Å²) in [6.07, 6.45) is 6.79. The van der Waals surface area contributed by atoms with Gasteiger partial charge in [-0.25, -0.2) is 0 Å². The van der Waals surface area contributed by atoms with Crippen molar-refractivity contribution < 1.29 is 0 Å². The molecule has 0 atom stereocenters. The highest BCUT2D eigenvalue weighted by atomic mass is 14.5. The zero-order valence-electron chi connectivity index (χ0n) is 9.38. The van der Waals surface area contributed by atoms with Crippen molar-refractivity contribution in [3.05, 3.63) is 47.1 Å². The van der Waals surface area contributed by atoms with E-state index in [0.717, 1.165) is 12.1 Å². The van der Waals surface area contributed by atoms with Crippen molar-refractivity contribution in [1.82, 2.24) is 0 Å². The second kappa shape index (κ2) is 3.93. The highest BCUT2D eigenvalue weighted by Crippen LogP contribution is 2.30. The summed E-state index contributed by atoms with van der Waals surface area (Å²) >= 11 is 0. The molecule has 2 rings (SSSR count). The molecule has 0 fully saturated rings. The molecule has 1 heteroatoms. The topological polar surface area (TPSA) is 26.0 Å². The standard InChI is InChI=1S/C14H17N/c1-10-5-3-4-6-13(10)14-9-12(15)8-7-11(14)2/h4,6-9H,3,5,15H2,1-2H3. The number of benzene rings is 1. The number of nitrogen functional groups attached to an aromatic ring is 1. The van der Waals surface area contributed by atoms with Gasteiger partial charge in [-0.3, -0.25) is 0 Å². The SMILES string of the molecule is CC1=C(c2cc(N)ccc2C)C=CCC1. The maximum Gasteiger partial charge on any atom is 0.0320 e. The third kappa shape index (κ3) is 1.96. The molecule has 1 aliphatic rings. The average molecular weight is 199 g/mol. The second-order valence-corrected chi connectivity index (χ2v) is 4.21. The van der Waals surface area contributed by atoms with Gasteiger partial charge in [0.25, 0.3) is 0 Å². The summed E-state index contributed by atoms with van der Waals surface area (Å²) < 4.78 is 0. The largest absolute Gasteiger partial charge is 0.399 e. The Morgan fingerprint density at radius 1 is 1.20 bits per heavy atom. The van der Waals surface area contributed by atoms with E-state index in [1.54, 1.807) is 0 Å². The number of rotatable bonds is 1. The van der Waals surface area contributed by atoms with Gasteiger partial charge in [0.05, 0.1) is 0 Å². The third-order valence-corrected chi connectivity index (χ3v) is 2.98. The lowest BCUT2D eigenvalue weighted by atomic mass is 9.91. The van der Waals surface area contributed by atoms with E-state index in [-0.39, 0.29) is 0 Å². The van der Waals surface area contributed by atoms with Crippen molar-refractivity contribution in [3.8, 4) is 0 Å². The molecule has 15 heavy (non-hydrogen) atoms. The van der Waals surface area contributed by atoms with Crippen molar-refractivity contribution >= 4 is 11.3 Å². The summed E-state index contributed by atoms with van der Waals surface area (Å²) in [5.74, 6) is 0. The van der Waals surface area contributed by atoms with Gasteiger partial charge in [0, 0.05) is 5.69 Å². The molecule has 2 N–H and O–H groups in total. The van der Waals surface area contributed by atoms with Crippen LogP contribution in [0.1, 0.15) is 30.9 Å². The van der Waals surface area contributed by atoms with Gasteiger partial charge in [0.1, 0.15) is 0 Å². The predicted octanol–water partition coefficient (Wildman–Crippen LogP) is 3.70. The van der Waals surface area contributed by atoms with Gasteiger partial charge in [0.15, 0.2) is 0 Å². The fraction of sp³-hybridized carbons (Fsp3) is 0.286. The number of nitrogens with two attached hydrogens (primary N) is 1. The van der Waals surface area contributed by atoms with Gasteiger partial charge in [-0.2, -0.15) is 0 Å². The van der Waals surface area contributed by atoms with E-state index < -0.39 is 0 Å². The van der Waals surface area contributed by atoms with Crippen LogP contribution in [0.2, 0.25) is 0 Å². The van der Waals surface area contributed by atoms with Crippen molar-refractivity contribution in [1.29, 1.82) is 0 Å². The van der Waals surface area contributed by atoms with E-state index in [1.807, 2.05) is 6.07 Å². The molecule has 0 amide bonds. The second-order valence-electron chi connectivity index (χ2n) is 4.21. The Morgan fingerprint density at radius 3 is 2.73 bits per heavy atom. The van der Waals surface area contributed by atoms with Crippen molar-refractivity contribution in [2.24, 2.45) is 0 Å². The fourth-order valence-electron chi connectivity index (χ4n) is 2.03. The molecule has 0 saturated carbocycles. The van der Waals surface area contributed by atoms with E-state index in [2.05, 4.69) is 38.1 Å². The maximum atomic E-state index is 5.83. The minimum absolute atomic E-state index is 0.842. The summed E-state index contributed by atoms with van der Waals surface area (Å²) in [4.78, 5) is 0. The van der Waals surface area contributed by atoms with Crippen LogP contribution in [0.25, 0.3) is 5.57 Å². The molecule has 1 aromatic rings. The first-order valence-corrected chi connectivity index (χ1v) is 5.41. The van der Waals surface area contributed by atoms with Crippen LogP contribution in [0, 0.1) is 6.92 Å². The molecular formula is C14H17N. The van der Waals surface area contributed by atoms with Crippen LogP contribution in [0.5, 0.6) is 0 Å². The number of anilines is 1. The third-order valence-electron chi connectivity index (χ3n) is 2.98. The molecule has 0 aliphatic heterocycles. The van der Waals surface area contributed by atoms with Crippen LogP contribution in [0.4, 0.5) is 5.69 Å². The molecule has 1 nitrogen and oxygen atoms in total. The van der Waals surface area contributed by atoms with E-state index in [1.165, 1.54) is 28.7 Å². The monoisotopic (exact) mass is 199 g/mol. The molecule has 0 unspecified atom stereocenters. The van der Waals surface area contributed by atoms with Gasteiger partial charge in [0.2, 0.25) is 0 Å². The van der Waals surface area contributed by atoms with Gasteiger partial charge < -0.3 is 5.73 Å². The first kappa shape index (κ1) is 10.0. The Morgan fingerprint density at radius 2 is 2.00 bits per heavy atom. The Labute approximate surface area is 91.3 Å². The summed E-state index contributed by atoms with van der Waals surface area (Å²) in [7, 11) is 0. The minimum atomic E-state index is 0.842. The Balaban J connectivity index is 2.53. The van der Waals surface area contributed by atoms with E-state index >= 15 is 0 Å². The lowest BCUT2D eigenvalue weighted by Gasteiger charge is -2.15. The number of hydrogen-bond acceptors (Lipinski definition) is 1. The normalized spacial score (nSPS) is 15.9. The quantitative estimate of drug-likeness (QED) is 0.686. The lowest BCUT2D eigenvalue weighted by molar-refractivity contribution is 0.967. The molecule has 78 valence electrons. The molecular weight excluding hydrogens is 182 g/mol. The Bertz CT molecular complexity index is 439. The van der Waals surface area contributed by atoms with Crippen LogP contribution < -0.4 is 5.73 Å². The molecule has 0 aromatic heterocycles. The highest BCUT2D eigenvalue weighted by molar-refractivity contribution is 5.80. The van der Waals surface area contributed by atoms with Crippen LogP contribution in [-0.2, 0) is 0 Å². The number of hydrogen-bond donors (Lipinski definition) is 1. The summed E-state index contributed by atoms with van der Waals surface area (Å²) in [5.41, 5.74) is 12.1. The Kier molecular flexibility index (Phi) is 2.63. The maximum absolute atomic E-state index is 5.83. The first-order chi connectivity index (χ1) is 7.18. The summed E-state index contributed by atoms with van der Waals surface area (Å²) in [6, 6.07) is 6.12. The molecule has 0 heterocycles. The van der Waals surface area contributed by atoms with E-state index in [0.29, 0.717) is 0 Å². The first-order valence-electron chi connectivity index (χ1n) is 5.41. The molecule has 0 radical (unpaired) electrons. The van der Waals surface area contributed by atoms with Crippen LogP contribution in [0.3, 0.4) is 0 Å². The lowest BCUT2D eigenvalue weighted by Crippen LogP contribution is -1.96. The van der Waals surface area contributed by atoms with Crippen LogP contribution >= 0.6 is 0 Å². The average Bonchev–Trinajstić information content (AvgIpc) is 2.23. The van der Waals surface area contributed by atoms with E-state index in [9.17, 15) is 0 Å². The van der Waals surface area contributed by atoms with Crippen LogP contribution in [-0.4, -0.2) is 0 Å². The molecule has 0 spiro atoms. The van der Waals surface area contributed by atoms with Crippen LogP contribution in [0.15, 0.2) is 35.9 Å². The van der Waals surface area contributed by atoms with Gasteiger partial charge in [-0.15, -0.1) is 0 Å². The van der Waals surface area contributed by atoms with Crippen molar-refractivity contribution in [2.45, 2.75) is 26.7 Å². The van der Waals surface area contributed by atoms with Gasteiger partial charge in [-0.1, -0.05) is 23.8 Å². The number of aryl methyl sites for hydroxylation is 1. The molecule has 0 saturated heterocycles. The summed E-state index contributed by atoms with van der Waals surface area (Å²) in [6.45, 7) is 4.35. The zero-order valence-corrected chi connectivity index (χ0v) is 9.38. The molecule has 1 aliphatic carbocycles. The fourth-order valence-corrected chi connectivity index (χ4v) is 2.03. The van der Waals surface area contributed by atoms with Gasteiger partial charge in [-0.05, 0) is 55.5 Å². The minimum Gasteiger partial charge on any atom is -0.399 e. The highest BCUT2D eigenvalue weighted by Gasteiger charge is 2.09. The van der Waals surface area contributed by atoms with Gasteiger partial charge >= 0.3 is 0 Å². The number of allylic oxidation sites excluding steroid dienone is 4. The van der Waals surface area contributed by atoms with Crippen molar-refractivity contribution in [3.63, 3.8) is 0 Å². The Hall–Kier alpha value is -1.50. The zero-order chi connectivity index (χ0) is 10.8. The predicted molar refractivity (Wildman–Crippen MR) is 66.6 cm³/mol. The smallest absolute Gasteiger partial charge is 0.0320 e. The summed E-state index contributed by atoms with van der Waals surface area (Å²) in [5, 5.41) is 0. The molecule has 1 aromatic carbocycles.